The minimum absolute atomic E-state index is 0.146. The fourth-order valence-corrected chi connectivity index (χ4v) is 2.88. The summed E-state index contributed by atoms with van der Waals surface area (Å²) in [5.41, 5.74) is 1.80. The van der Waals surface area contributed by atoms with Gasteiger partial charge >= 0.3 is 0 Å². The first kappa shape index (κ1) is 17.0. The molecule has 0 aromatic heterocycles. The summed E-state index contributed by atoms with van der Waals surface area (Å²) in [5, 5.41) is 6.00. The normalized spacial score (nSPS) is 17.3. The van der Waals surface area contributed by atoms with Crippen molar-refractivity contribution in [2.45, 2.75) is 12.7 Å². The summed E-state index contributed by atoms with van der Waals surface area (Å²) in [6.45, 7) is 2.36. The van der Waals surface area contributed by atoms with E-state index in [0.717, 1.165) is 22.3 Å². The topological polar surface area (TPSA) is 59.6 Å². The predicted molar refractivity (Wildman–Crippen MR) is 96.2 cm³/mol. The lowest BCUT2D eigenvalue weighted by Crippen LogP contribution is -2.45. The summed E-state index contributed by atoms with van der Waals surface area (Å²) in [5.74, 6) is 0.583. The SMILES string of the molecule is O=C(Nc1ccc(OCc2ccccc2)c(Br)c1)C1CNCCO1. The van der Waals surface area contributed by atoms with Crippen LogP contribution in [0.4, 0.5) is 5.69 Å². The van der Waals surface area contributed by atoms with Gasteiger partial charge in [0.2, 0.25) is 0 Å². The fourth-order valence-electron chi connectivity index (χ4n) is 2.39. The molecule has 0 saturated carbocycles. The Hall–Kier alpha value is -1.89. The molecule has 1 heterocycles. The van der Waals surface area contributed by atoms with Crippen molar-refractivity contribution in [1.82, 2.24) is 5.32 Å². The molecule has 2 aromatic carbocycles. The number of nitrogens with one attached hydrogen (secondary N) is 2. The van der Waals surface area contributed by atoms with Crippen molar-refractivity contribution in [3.63, 3.8) is 0 Å². The molecule has 1 fully saturated rings. The molecule has 0 aliphatic carbocycles. The Kier molecular flexibility index (Phi) is 5.85. The molecule has 6 heteroatoms. The molecule has 0 spiro atoms. The highest BCUT2D eigenvalue weighted by molar-refractivity contribution is 9.10. The van der Waals surface area contributed by atoms with Crippen molar-refractivity contribution in [3.05, 3.63) is 58.6 Å². The second-order valence-corrected chi connectivity index (χ2v) is 6.33. The number of hydrogen-bond acceptors (Lipinski definition) is 4. The van der Waals surface area contributed by atoms with Gasteiger partial charge < -0.3 is 20.1 Å². The highest BCUT2D eigenvalue weighted by Gasteiger charge is 2.21. The van der Waals surface area contributed by atoms with Crippen molar-refractivity contribution >= 4 is 27.5 Å². The quantitative estimate of drug-likeness (QED) is 0.823. The van der Waals surface area contributed by atoms with Crippen LogP contribution in [-0.4, -0.2) is 31.7 Å². The number of rotatable bonds is 5. The smallest absolute Gasteiger partial charge is 0.254 e. The monoisotopic (exact) mass is 390 g/mol. The standard InChI is InChI=1S/C18H19BrN2O3/c19-15-10-14(21-18(22)17-11-20-8-9-23-17)6-7-16(15)24-12-13-4-2-1-3-5-13/h1-7,10,17,20H,8-9,11-12H2,(H,21,22). The van der Waals surface area contributed by atoms with Crippen molar-refractivity contribution in [1.29, 1.82) is 0 Å². The Bertz CT molecular complexity index is 688. The van der Waals surface area contributed by atoms with Gasteiger partial charge in [-0.15, -0.1) is 0 Å². The number of carbonyl (C=O) groups excluding carboxylic acids is 1. The number of hydrogen-bond donors (Lipinski definition) is 2. The van der Waals surface area contributed by atoms with E-state index < -0.39 is 6.10 Å². The third-order valence-corrected chi connectivity index (χ3v) is 4.28. The predicted octanol–water partition coefficient (Wildman–Crippen LogP) is 2.96. The van der Waals surface area contributed by atoms with Gasteiger partial charge in [0.05, 0.1) is 11.1 Å². The lowest BCUT2D eigenvalue weighted by Gasteiger charge is -2.22. The van der Waals surface area contributed by atoms with Crippen molar-refractivity contribution in [2.24, 2.45) is 0 Å². The third-order valence-electron chi connectivity index (χ3n) is 3.66. The van der Waals surface area contributed by atoms with E-state index >= 15 is 0 Å². The van der Waals surface area contributed by atoms with E-state index in [0.29, 0.717) is 25.4 Å². The first-order valence-electron chi connectivity index (χ1n) is 7.82. The highest BCUT2D eigenvalue weighted by Crippen LogP contribution is 2.29. The molecule has 1 atom stereocenters. The molecule has 2 N–H and O–H groups in total. The van der Waals surface area contributed by atoms with Crippen LogP contribution in [0.1, 0.15) is 5.56 Å². The molecule has 0 bridgehead atoms. The number of anilines is 1. The Balaban J connectivity index is 1.58. The number of carbonyl (C=O) groups is 1. The molecule has 126 valence electrons. The van der Waals surface area contributed by atoms with Gasteiger partial charge in [-0.25, -0.2) is 0 Å². The molecule has 1 aliphatic rings. The average molecular weight is 391 g/mol. The summed E-state index contributed by atoms with van der Waals surface area (Å²) in [7, 11) is 0. The zero-order valence-corrected chi connectivity index (χ0v) is 14.7. The molecule has 1 aliphatic heterocycles. The van der Waals surface area contributed by atoms with E-state index in [-0.39, 0.29) is 5.91 Å². The summed E-state index contributed by atoms with van der Waals surface area (Å²) in [6.07, 6.45) is -0.452. The van der Waals surface area contributed by atoms with Crippen LogP contribution in [0.2, 0.25) is 0 Å². The largest absolute Gasteiger partial charge is 0.488 e. The van der Waals surface area contributed by atoms with E-state index in [1.165, 1.54) is 0 Å². The van der Waals surface area contributed by atoms with E-state index in [1.807, 2.05) is 48.5 Å². The minimum atomic E-state index is -0.452. The molecule has 3 rings (SSSR count). The Labute approximate surface area is 149 Å². The van der Waals surface area contributed by atoms with Crippen LogP contribution >= 0.6 is 15.9 Å². The maximum absolute atomic E-state index is 12.2. The van der Waals surface area contributed by atoms with Gasteiger partial charge in [0, 0.05) is 18.8 Å². The Morgan fingerprint density at radius 1 is 1.29 bits per heavy atom. The third kappa shape index (κ3) is 4.56. The average Bonchev–Trinajstić information content (AvgIpc) is 2.62. The molecular weight excluding hydrogens is 372 g/mol. The Morgan fingerprint density at radius 3 is 2.83 bits per heavy atom. The summed E-state index contributed by atoms with van der Waals surface area (Å²) < 4.78 is 12.0. The number of ether oxygens (including phenoxy) is 2. The number of benzene rings is 2. The van der Waals surface area contributed by atoms with Gasteiger partial charge in [0.15, 0.2) is 0 Å². The van der Waals surface area contributed by atoms with E-state index in [1.54, 1.807) is 0 Å². The molecule has 0 radical (unpaired) electrons. The van der Waals surface area contributed by atoms with Crippen LogP contribution < -0.4 is 15.4 Å². The van der Waals surface area contributed by atoms with Gasteiger partial charge in [-0.1, -0.05) is 30.3 Å². The number of amides is 1. The van der Waals surface area contributed by atoms with Crippen LogP contribution in [0.5, 0.6) is 5.75 Å². The van der Waals surface area contributed by atoms with Crippen molar-refractivity contribution in [2.75, 3.05) is 25.0 Å². The number of halogens is 1. The van der Waals surface area contributed by atoms with Crippen LogP contribution in [0.25, 0.3) is 0 Å². The second-order valence-electron chi connectivity index (χ2n) is 5.47. The zero-order chi connectivity index (χ0) is 16.8. The maximum atomic E-state index is 12.2. The van der Waals surface area contributed by atoms with Gasteiger partial charge in [-0.2, -0.15) is 0 Å². The summed E-state index contributed by atoms with van der Waals surface area (Å²) in [4.78, 5) is 12.2. The van der Waals surface area contributed by atoms with Gasteiger partial charge in [0.1, 0.15) is 18.5 Å². The van der Waals surface area contributed by atoms with Crippen LogP contribution in [-0.2, 0) is 16.1 Å². The Morgan fingerprint density at radius 2 is 2.12 bits per heavy atom. The molecule has 1 amide bonds. The summed E-state index contributed by atoms with van der Waals surface area (Å²) in [6, 6.07) is 15.4. The molecule has 5 nitrogen and oxygen atoms in total. The maximum Gasteiger partial charge on any atom is 0.254 e. The molecule has 24 heavy (non-hydrogen) atoms. The van der Waals surface area contributed by atoms with Crippen LogP contribution in [0.15, 0.2) is 53.0 Å². The fraction of sp³-hybridized carbons (Fsp3) is 0.278. The minimum Gasteiger partial charge on any atom is -0.488 e. The van der Waals surface area contributed by atoms with Crippen molar-refractivity contribution < 1.29 is 14.3 Å². The first-order valence-corrected chi connectivity index (χ1v) is 8.61. The number of morpholine rings is 1. The van der Waals surface area contributed by atoms with E-state index in [2.05, 4.69) is 26.6 Å². The lowest BCUT2D eigenvalue weighted by molar-refractivity contribution is -0.128. The van der Waals surface area contributed by atoms with Crippen molar-refractivity contribution in [3.8, 4) is 5.75 Å². The molecule has 1 unspecified atom stereocenters. The zero-order valence-electron chi connectivity index (χ0n) is 13.1. The van der Waals surface area contributed by atoms with Gasteiger partial charge in [-0.3, -0.25) is 4.79 Å². The lowest BCUT2D eigenvalue weighted by atomic mass is 10.2. The molecule has 1 saturated heterocycles. The van der Waals surface area contributed by atoms with Crippen LogP contribution in [0.3, 0.4) is 0 Å². The van der Waals surface area contributed by atoms with E-state index in [4.69, 9.17) is 9.47 Å². The summed E-state index contributed by atoms with van der Waals surface area (Å²) >= 11 is 3.49. The van der Waals surface area contributed by atoms with E-state index in [9.17, 15) is 4.79 Å². The highest BCUT2D eigenvalue weighted by atomic mass is 79.9. The second kappa shape index (κ2) is 8.28. The molecular formula is C18H19BrN2O3. The molecule has 2 aromatic rings. The van der Waals surface area contributed by atoms with Gasteiger partial charge in [0.25, 0.3) is 5.91 Å². The van der Waals surface area contributed by atoms with Crippen LogP contribution in [0, 0.1) is 0 Å². The first-order chi connectivity index (χ1) is 11.7. The van der Waals surface area contributed by atoms with Gasteiger partial charge in [-0.05, 0) is 39.7 Å².